The molecule has 2 heterocycles. The van der Waals surface area contributed by atoms with Crippen LogP contribution in [0.25, 0.3) is 0 Å². The zero-order chi connectivity index (χ0) is 23.4. The Morgan fingerprint density at radius 3 is 2.52 bits per heavy atom. The summed E-state index contributed by atoms with van der Waals surface area (Å²) in [4.78, 5) is 26.3. The lowest BCUT2D eigenvalue weighted by atomic mass is 9.98. The first-order chi connectivity index (χ1) is 15.9. The number of benzene rings is 2. The number of nitrogens with zero attached hydrogens (tertiary/aromatic N) is 4. The molecule has 1 aliphatic heterocycles. The number of halogens is 1. The van der Waals surface area contributed by atoms with Gasteiger partial charge in [-0.25, -0.2) is 14.4 Å². The topological polar surface area (TPSA) is 49.3 Å². The predicted octanol–water partition coefficient (Wildman–Crippen LogP) is 5.03. The minimum atomic E-state index is -0.283. The molecule has 1 aliphatic rings. The van der Waals surface area contributed by atoms with E-state index in [1.807, 2.05) is 13.0 Å². The van der Waals surface area contributed by atoms with Crippen LogP contribution in [0.2, 0.25) is 0 Å². The van der Waals surface area contributed by atoms with E-state index >= 15 is 0 Å². The van der Waals surface area contributed by atoms with Crippen LogP contribution < -0.4 is 4.90 Å². The van der Waals surface area contributed by atoms with Crippen LogP contribution in [-0.4, -0.2) is 34.4 Å². The fraction of sp³-hybridized carbons (Fsp3) is 0.370. The Kier molecular flexibility index (Phi) is 7.14. The fourth-order valence-corrected chi connectivity index (χ4v) is 4.33. The summed E-state index contributed by atoms with van der Waals surface area (Å²) in [6.45, 7) is 6.17. The summed E-state index contributed by atoms with van der Waals surface area (Å²) in [6.07, 6.45) is 2.14. The normalized spacial score (nSPS) is 14.5. The van der Waals surface area contributed by atoms with Crippen molar-refractivity contribution in [1.82, 2.24) is 14.9 Å². The van der Waals surface area contributed by atoms with Gasteiger partial charge in [-0.3, -0.25) is 14.6 Å². The lowest BCUT2D eigenvalue weighted by Crippen LogP contribution is -2.36. The first-order valence-electron chi connectivity index (χ1n) is 11.6. The minimum absolute atomic E-state index is 0.0425. The molecule has 0 saturated heterocycles. The second kappa shape index (κ2) is 10.2. The molecule has 0 radical (unpaired) electrons. The summed E-state index contributed by atoms with van der Waals surface area (Å²) in [7, 11) is 2.08. The molecule has 6 heteroatoms. The van der Waals surface area contributed by atoms with Gasteiger partial charge in [-0.15, -0.1) is 0 Å². The summed E-state index contributed by atoms with van der Waals surface area (Å²) in [5.41, 5.74) is 4.18. The van der Waals surface area contributed by atoms with Crippen molar-refractivity contribution in [2.45, 2.75) is 52.1 Å². The molecule has 0 unspecified atom stereocenters. The van der Waals surface area contributed by atoms with Gasteiger partial charge in [-0.05, 0) is 62.5 Å². The lowest BCUT2D eigenvalue weighted by Gasteiger charge is -2.30. The largest absolute Gasteiger partial charge is 0.299 e. The molecule has 0 bridgehead atoms. The van der Waals surface area contributed by atoms with E-state index in [9.17, 15) is 9.18 Å². The van der Waals surface area contributed by atoms with Crippen molar-refractivity contribution in [3.63, 3.8) is 0 Å². The molecule has 0 spiro atoms. The molecular weight excluding hydrogens is 415 g/mol. The molecule has 0 N–H and O–H groups in total. The van der Waals surface area contributed by atoms with Crippen molar-refractivity contribution < 1.29 is 9.18 Å². The van der Waals surface area contributed by atoms with Gasteiger partial charge in [0.05, 0.1) is 13.1 Å². The highest BCUT2D eigenvalue weighted by Crippen LogP contribution is 2.29. The molecule has 4 rings (SSSR count). The van der Waals surface area contributed by atoms with Crippen molar-refractivity contribution in [3.8, 4) is 0 Å². The molecule has 0 aliphatic carbocycles. The Bertz CT molecular complexity index is 1100. The number of aromatic nitrogens is 2. The third-order valence-corrected chi connectivity index (χ3v) is 6.36. The maximum atomic E-state index is 13.3. The minimum Gasteiger partial charge on any atom is -0.299 e. The number of hydrogen-bond acceptors (Lipinski definition) is 4. The van der Waals surface area contributed by atoms with Crippen LogP contribution in [0, 0.1) is 12.7 Å². The molecule has 1 atom stereocenters. The second-order valence-corrected chi connectivity index (χ2v) is 8.97. The van der Waals surface area contributed by atoms with Crippen LogP contribution in [0.3, 0.4) is 0 Å². The molecular formula is C27H31FN4O. The first kappa shape index (κ1) is 23.1. The summed E-state index contributed by atoms with van der Waals surface area (Å²) in [5.74, 6) is 1.66. The van der Waals surface area contributed by atoms with E-state index in [-0.39, 0.29) is 11.7 Å². The van der Waals surface area contributed by atoms with Gasteiger partial charge in [0, 0.05) is 17.7 Å². The van der Waals surface area contributed by atoms with Gasteiger partial charge < -0.3 is 0 Å². The lowest BCUT2D eigenvalue weighted by molar-refractivity contribution is -0.119. The molecule has 0 saturated carbocycles. The quantitative estimate of drug-likeness (QED) is 0.487. The van der Waals surface area contributed by atoms with E-state index < -0.39 is 0 Å². The van der Waals surface area contributed by atoms with Crippen molar-refractivity contribution >= 4 is 11.7 Å². The zero-order valence-electron chi connectivity index (χ0n) is 19.6. The standard InChI is InChI=1S/C27H31FN4O/c1-19(22-7-5-4-6-8-22)15-16-31(3)18-25-29-20(2)24-13-14-26(33)32(27(24)30-25)17-21-9-11-23(28)12-10-21/h4-12,19H,13-18H2,1-3H3/t19-/m0/s1. The van der Waals surface area contributed by atoms with Gasteiger partial charge in [-0.2, -0.15) is 0 Å². The molecule has 3 aromatic rings. The van der Waals surface area contributed by atoms with Crippen LogP contribution in [0.1, 0.15) is 53.9 Å². The van der Waals surface area contributed by atoms with Gasteiger partial charge in [0.2, 0.25) is 5.91 Å². The first-order valence-corrected chi connectivity index (χ1v) is 11.6. The van der Waals surface area contributed by atoms with E-state index in [0.29, 0.717) is 37.7 Å². The van der Waals surface area contributed by atoms with E-state index in [1.54, 1.807) is 17.0 Å². The maximum absolute atomic E-state index is 13.3. The van der Waals surface area contributed by atoms with Crippen LogP contribution in [0.5, 0.6) is 0 Å². The van der Waals surface area contributed by atoms with Crippen LogP contribution in [0.15, 0.2) is 54.6 Å². The highest BCUT2D eigenvalue weighted by atomic mass is 19.1. The highest BCUT2D eigenvalue weighted by molar-refractivity contribution is 5.95. The number of carbonyl (C=O) groups is 1. The van der Waals surface area contributed by atoms with Gasteiger partial charge >= 0.3 is 0 Å². The van der Waals surface area contributed by atoms with Gasteiger partial charge in [-0.1, -0.05) is 49.4 Å². The second-order valence-electron chi connectivity index (χ2n) is 8.97. The predicted molar refractivity (Wildman–Crippen MR) is 128 cm³/mol. The van der Waals surface area contributed by atoms with Gasteiger partial charge in [0.25, 0.3) is 0 Å². The summed E-state index contributed by atoms with van der Waals surface area (Å²) in [6, 6.07) is 16.8. The molecule has 0 fully saturated rings. The Labute approximate surface area is 195 Å². The molecule has 1 aromatic heterocycles. The Hall–Kier alpha value is -3.12. The van der Waals surface area contributed by atoms with Gasteiger partial charge in [0.1, 0.15) is 17.5 Å². The van der Waals surface area contributed by atoms with E-state index in [1.165, 1.54) is 17.7 Å². The average Bonchev–Trinajstić information content (AvgIpc) is 2.81. The Balaban J connectivity index is 1.47. The summed E-state index contributed by atoms with van der Waals surface area (Å²) >= 11 is 0. The fourth-order valence-electron chi connectivity index (χ4n) is 4.33. The molecule has 1 amide bonds. The van der Waals surface area contributed by atoms with Crippen molar-refractivity contribution in [1.29, 1.82) is 0 Å². The van der Waals surface area contributed by atoms with Crippen molar-refractivity contribution in [2.24, 2.45) is 0 Å². The molecule has 5 nitrogen and oxygen atoms in total. The van der Waals surface area contributed by atoms with Crippen LogP contribution in [-0.2, 0) is 24.3 Å². The van der Waals surface area contributed by atoms with E-state index in [0.717, 1.165) is 35.6 Å². The zero-order valence-corrected chi connectivity index (χ0v) is 19.6. The average molecular weight is 447 g/mol. The number of carbonyl (C=O) groups excluding carboxylic acids is 1. The SMILES string of the molecule is Cc1nc(CN(C)CC[C@H](C)c2ccccc2)nc2c1CCC(=O)N2Cc1ccc(F)cc1. The highest BCUT2D eigenvalue weighted by Gasteiger charge is 2.28. The number of aryl methyl sites for hydroxylation is 1. The van der Waals surface area contributed by atoms with Crippen molar-refractivity contribution in [2.75, 3.05) is 18.5 Å². The van der Waals surface area contributed by atoms with Crippen LogP contribution >= 0.6 is 0 Å². The Morgan fingerprint density at radius 1 is 1.06 bits per heavy atom. The number of anilines is 1. The molecule has 2 aromatic carbocycles. The van der Waals surface area contributed by atoms with E-state index in [2.05, 4.69) is 43.1 Å². The molecule has 172 valence electrons. The van der Waals surface area contributed by atoms with Gasteiger partial charge in [0.15, 0.2) is 0 Å². The summed E-state index contributed by atoms with van der Waals surface area (Å²) < 4.78 is 13.3. The van der Waals surface area contributed by atoms with Crippen molar-refractivity contribution in [3.05, 3.63) is 88.6 Å². The third kappa shape index (κ3) is 5.63. The number of rotatable bonds is 8. The van der Waals surface area contributed by atoms with E-state index in [4.69, 9.17) is 9.97 Å². The monoisotopic (exact) mass is 446 g/mol. The molecule has 33 heavy (non-hydrogen) atoms. The Morgan fingerprint density at radius 2 is 1.79 bits per heavy atom. The smallest absolute Gasteiger partial charge is 0.228 e. The number of hydrogen-bond donors (Lipinski definition) is 0. The number of amides is 1. The third-order valence-electron chi connectivity index (χ3n) is 6.36. The maximum Gasteiger partial charge on any atom is 0.228 e. The van der Waals surface area contributed by atoms with Crippen LogP contribution in [0.4, 0.5) is 10.2 Å². The summed E-state index contributed by atoms with van der Waals surface area (Å²) in [5, 5.41) is 0. The number of fused-ring (bicyclic) bond motifs is 1.